The number of fused-ring (bicyclic) bond motifs is 1. The Balaban J connectivity index is 1.56. The van der Waals surface area contributed by atoms with Crippen LogP contribution >= 0.6 is 11.9 Å². The van der Waals surface area contributed by atoms with Crippen molar-refractivity contribution in [1.29, 1.82) is 5.26 Å². The Morgan fingerprint density at radius 1 is 1.43 bits per heavy atom. The fourth-order valence-corrected chi connectivity index (χ4v) is 2.89. The van der Waals surface area contributed by atoms with Gasteiger partial charge in [0.05, 0.1) is 16.8 Å². The van der Waals surface area contributed by atoms with Crippen LogP contribution in [0.1, 0.15) is 30.2 Å². The van der Waals surface area contributed by atoms with Gasteiger partial charge in [-0.2, -0.15) is 5.26 Å². The summed E-state index contributed by atoms with van der Waals surface area (Å²) in [5.41, 5.74) is 2.50. The number of hydrogen-bond acceptors (Lipinski definition) is 5. The highest BCUT2D eigenvalue weighted by Crippen LogP contribution is 2.40. The molecule has 1 aromatic carbocycles. The lowest BCUT2D eigenvalue weighted by Gasteiger charge is -2.04. The first kappa shape index (κ1) is 12.4. The van der Waals surface area contributed by atoms with Crippen molar-refractivity contribution in [2.24, 2.45) is 0 Å². The van der Waals surface area contributed by atoms with E-state index in [2.05, 4.69) is 20.8 Å². The van der Waals surface area contributed by atoms with Crippen LogP contribution in [0.2, 0.25) is 0 Å². The third-order valence-electron chi connectivity index (χ3n) is 3.53. The van der Waals surface area contributed by atoms with E-state index >= 15 is 0 Å². The highest BCUT2D eigenvalue weighted by molar-refractivity contribution is 8.00. The number of rotatable bonds is 4. The van der Waals surface area contributed by atoms with E-state index in [9.17, 15) is 0 Å². The van der Waals surface area contributed by atoms with E-state index in [4.69, 9.17) is 9.68 Å². The van der Waals surface area contributed by atoms with Crippen molar-refractivity contribution in [2.75, 3.05) is 4.72 Å². The van der Waals surface area contributed by atoms with E-state index in [1.807, 2.05) is 18.2 Å². The summed E-state index contributed by atoms with van der Waals surface area (Å²) in [6.07, 6.45) is 5.76. The van der Waals surface area contributed by atoms with E-state index in [1.165, 1.54) is 24.8 Å². The maximum atomic E-state index is 9.07. The molecule has 4 rings (SSSR count). The average molecular weight is 296 g/mol. The summed E-state index contributed by atoms with van der Waals surface area (Å²) in [6, 6.07) is 8.01. The van der Waals surface area contributed by atoms with Crippen molar-refractivity contribution in [1.82, 2.24) is 9.97 Å². The van der Waals surface area contributed by atoms with Crippen molar-refractivity contribution >= 4 is 28.5 Å². The monoisotopic (exact) mass is 296 g/mol. The zero-order valence-electron chi connectivity index (χ0n) is 11.1. The van der Waals surface area contributed by atoms with Crippen LogP contribution in [0.25, 0.3) is 10.9 Å². The quantitative estimate of drug-likeness (QED) is 0.711. The van der Waals surface area contributed by atoms with Gasteiger partial charge in [-0.1, -0.05) is 12.1 Å². The van der Waals surface area contributed by atoms with Gasteiger partial charge in [0.25, 0.3) is 0 Å². The number of hydrogen-bond donors (Lipinski definition) is 2. The minimum Gasteiger partial charge on any atom is -0.447 e. The fourth-order valence-electron chi connectivity index (χ4n) is 2.28. The summed E-state index contributed by atoms with van der Waals surface area (Å²) in [5, 5.41) is 10.8. The number of aromatic nitrogens is 2. The molecule has 21 heavy (non-hydrogen) atoms. The van der Waals surface area contributed by atoms with Gasteiger partial charge in [-0.05, 0) is 18.9 Å². The molecular weight excluding hydrogens is 284 g/mol. The number of benzene rings is 1. The predicted molar refractivity (Wildman–Crippen MR) is 81.0 cm³/mol. The zero-order chi connectivity index (χ0) is 14.2. The van der Waals surface area contributed by atoms with Gasteiger partial charge in [0.2, 0.25) is 0 Å². The summed E-state index contributed by atoms with van der Waals surface area (Å²) in [5.74, 6) is 1.36. The van der Waals surface area contributed by atoms with E-state index in [0.717, 1.165) is 27.5 Å². The number of nitrogens with zero attached hydrogens (tertiary/aromatic N) is 2. The molecule has 2 aromatic heterocycles. The molecule has 1 saturated carbocycles. The average Bonchev–Trinajstić information content (AvgIpc) is 3.11. The number of nitriles is 1. The first-order valence-electron chi connectivity index (χ1n) is 6.73. The number of para-hydroxylation sites is 1. The molecule has 0 aliphatic heterocycles. The van der Waals surface area contributed by atoms with Gasteiger partial charge in [0.1, 0.15) is 12.3 Å². The second-order valence-electron chi connectivity index (χ2n) is 5.04. The molecule has 2 heterocycles. The van der Waals surface area contributed by atoms with Crippen LogP contribution in [-0.2, 0) is 0 Å². The normalized spacial score (nSPS) is 14.2. The van der Waals surface area contributed by atoms with Gasteiger partial charge < -0.3 is 14.1 Å². The summed E-state index contributed by atoms with van der Waals surface area (Å²) >= 11 is 1.41. The van der Waals surface area contributed by atoms with Crippen molar-refractivity contribution in [2.45, 2.75) is 23.8 Å². The van der Waals surface area contributed by atoms with Crippen molar-refractivity contribution < 1.29 is 4.42 Å². The molecule has 104 valence electrons. The van der Waals surface area contributed by atoms with Crippen molar-refractivity contribution in [3.8, 4) is 6.07 Å². The summed E-state index contributed by atoms with van der Waals surface area (Å²) < 4.78 is 8.73. The van der Waals surface area contributed by atoms with Crippen molar-refractivity contribution in [3.63, 3.8) is 0 Å². The second-order valence-corrected chi connectivity index (χ2v) is 5.87. The molecule has 0 atom stereocenters. The molecule has 2 N–H and O–H groups in total. The maximum absolute atomic E-state index is 9.07. The first-order valence-corrected chi connectivity index (χ1v) is 7.55. The van der Waals surface area contributed by atoms with Gasteiger partial charge in [0, 0.05) is 29.4 Å². The highest BCUT2D eigenvalue weighted by atomic mass is 32.2. The Morgan fingerprint density at radius 2 is 2.33 bits per heavy atom. The predicted octanol–water partition coefficient (Wildman–Crippen LogP) is 4.02. The zero-order valence-corrected chi connectivity index (χ0v) is 11.9. The van der Waals surface area contributed by atoms with Gasteiger partial charge in [-0.3, -0.25) is 0 Å². The third-order valence-corrected chi connectivity index (χ3v) is 4.25. The Morgan fingerprint density at radius 3 is 3.14 bits per heavy atom. The molecule has 6 heteroatoms. The molecule has 1 aliphatic rings. The lowest BCUT2D eigenvalue weighted by atomic mass is 10.2. The van der Waals surface area contributed by atoms with Gasteiger partial charge >= 0.3 is 0 Å². The highest BCUT2D eigenvalue weighted by Gasteiger charge is 2.28. The fraction of sp³-hybridized carbons (Fsp3) is 0.200. The molecule has 1 aliphatic carbocycles. The van der Waals surface area contributed by atoms with Gasteiger partial charge in [-0.15, -0.1) is 0 Å². The lowest BCUT2D eigenvalue weighted by Crippen LogP contribution is -1.88. The second kappa shape index (κ2) is 4.86. The Bertz CT molecular complexity index is 841. The number of oxazole rings is 1. The van der Waals surface area contributed by atoms with E-state index in [0.29, 0.717) is 11.5 Å². The number of anilines is 1. The molecule has 0 radical (unpaired) electrons. The molecular formula is C15H12N4OS. The summed E-state index contributed by atoms with van der Waals surface area (Å²) in [7, 11) is 0. The third kappa shape index (κ3) is 2.26. The van der Waals surface area contributed by atoms with Gasteiger partial charge in [-0.25, -0.2) is 4.98 Å². The first-order chi connectivity index (χ1) is 10.3. The van der Waals surface area contributed by atoms with Crippen LogP contribution in [0, 0.1) is 11.3 Å². The van der Waals surface area contributed by atoms with Gasteiger partial charge in [0.15, 0.2) is 10.9 Å². The van der Waals surface area contributed by atoms with E-state index in [1.54, 1.807) is 12.5 Å². The molecule has 1 fully saturated rings. The van der Waals surface area contributed by atoms with E-state index in [-0.39, 0.29) is 0 Å². The van der Waals surface area contributed by atoms with Crippen LogP contribution < -0.4 is 4.72 Å². The van der Waals surface area contributed by atoms with Crippen LogP contribution in [0.3, 0.4) is 0 Å². The van der Waals surface area contributed by atoms with Crippen LogP contribution in [-0.4, -0.2) is 9.97 Å². The van der Waals surface area contributed by atoms with Crippen LogP contribution in [0.15, 0.2) is 40.1 Å². The smallest absolute Gasteiger partial charge is 0.198 e. The summed E-state index contributed by atoms with van der Waals surface area (Å²) in [6.45, 7) is 0. The number of aromatic amines is 1. The molecule has 0 bridgehead atoms. The minimum absolute atomic E-state index is 0.518. The topological polar surface area (TPSA) is 77.6 Å². The van der Waals surface area contributed by atoms with Crippen molar-refractivity contribution in [3.05, 3.63) is 42.1 Å². The Hall–Kier alpha value is -2.39. The molecule has 0 amide bonds. The minimum atomic E-state index is 0.518. The largest absolute Gasteiger partial charge is 0.447 e. The van der Waals surface area contributed by atoms with Crippen LogP contribution in [0.4, 0.5) is 5.69 Å². The standard InChI is InChI=1S/C15H12N4OS/c16-6-10-7-17-14-11(10)2-1-3-12(14)19-21-13-8-20-15(18-13)9-4-5-9/h1-3,7-9,17,19H,4-5H2. The SMILES string of the molecule is N#Cc1c[nH]c2c(NSc3coc(C4CC4)n3)cccc12. The molecule has 0 unspecified atom stereocenters. The lowest BCUT2D eigenvalue weighted by molar-refractivity contribution is 0.496. The maximum Gasteiger partial charge on any atom is 0.198 e. The van der Waals surface area contributed by atoms with E-state index < -0.39 is 0 Å². The summed E-state index contributed by atoms with van der Waals surface area (Å²) in [4.78, 5) is 7.60. The number of H-pyrrole nitrogens is 1. The molecule has 0 spiro atoms. The Kier molecular flexibility index (Phi) is 2.86. The number of nitrogens with one attached hydrogen (secondary N) is 2. The Labute approximate surface area is 125 Å². The van der Waals surface area contributed by atoms with Crippen LogP contribution in [0.5, 0.6) is 0 Å². The molecule has 5 nitrogen and oxygen atoms in total. The molecule has 3 aromatic rings. The molecule has 0 saturated heterocycles.